The molecular formula is C17H17NO6. The molecular weight excluding hydrogens is 314 g/mol. The van der Waals surface area contributed by atoms with Gasteiger partial charge in [-0.05, 0) is 43.3 Å². The molecule has 0 aliphatic carbocycles. The largest absolute Gasteiger partial charge is 0.496 e. The lowest BCUT2D eigenvalue weighted by molar-refractivity contribution is -0.385. The number of nitrogens with zero attached hydrogens (tertiary/aromatic N) is 1. The molecule has 0 amide bonds. The number of Topliss-reactive ketones (excluding diaryl/α,β-unsaturated/α-hetero) is 1. The van der Waals surface area contributed by atoms with Crippen LogP contribution in [0.5, 0.6) is 17.2 Å². The van der Waals surface area contributed by atoms with E-state index in [2.05, 4.69) is 0 Å². The third kappa shape index (κ3) is 4.22. The molecule has 0 saturated heterocycles. The first-order valence-electron chi connectivity index (χ1n) is 7.26. The summed E-state index contributed by atoms with van der Waals surface area (Å²) in [7, 11) is 1.41. The first-order chi connectivity index (χ1) is 11.5. The molecule has 0 heterocycles. The van der Waals surface area contributed by atoms with Crippen LogP contribution in [-0.2, 0) is 0 Å². The molecule has 2 rings (SSSR count). The Kier molecular flexibility index (Phi) is 5.73. The van der Waals surface area contributed by atoms with Crippen molar-refractivity contribution in [1.82, 2.24) is 0 Å². The standard InChI is InChI=1S/C17H17NO6/c1-3-23-13-6-4-12(5-7-13)16(19)11-24-17-9-8-14(22-2)10-15(17)18(20)21/h4-10H,3,11H2,1-2H3. The molecule has 0 unspecified atom stereocenters. The molecule has 126 valence electrons. The normalized spacial score (nSPS) is 10.1. The second-order valence-electron chi connectivity index (χ2n) is 4.76. The van der Waals surface area contributed by atoms with Crippen molar-refractivity contribution in [1.29, 1.82) is 0 Å². The second-order valence-corrected chi connectivity index (χ2v) is 4.76. The molecule has 0 radical (unpaired) electrons. The van der Waals surface area contributed by atoms with Gasteiger partial charge in [0.1, 0.15) is 11.5 Å². The van der Waals surface area contributed by atoms with Crippen LogP contribution < -0.4 is 14.2 Å². The lowest BCUT2D eigenvalue weighted by Gasteiger charge is -2.08. The predicted molar refractivity (Wildman–Crippen MR) is 87.1 cm³/mol. The minimum Gasteiger partial charge on any atom is -0.496 e. The van der Waals surface area contributed by atoms with Gasteiger partial charge in [-0.1, -0.05) is 0 Å². The number of nitro benzene ring substituents is 1. The summed E-state index contributed by atoms with van der Waals surface area (Å²) in [5.41, 5.74) is 0.184. The summed E-state index contributed by atoms with van der Waals surface area (Å²) in [6.45, 7) is 2.10. The van der Waals surface area contributed by atoms with E-state index in [1.54, 1.807) is 24.3 Å². The lowest BCUT2D eigenvalue weighted by Crippen LogP contribution is -2.12. The van der Waals surface area contributed by atoms with E-state index in [0.29, 0.717) is 23.7 Å². The molecule has 7 nitrogen and oxygen atoms in total. The summed E-state index contributed by atoms with van der Waals surface area (Å²) in [5.74, 6) is 0.732. The zero-order valence-electron chi connectivity index (χ0n) is 13.4. The number of hydrogen-bond acceptors (Lipinski definition) is 6. The van der Waals surface area contributed by atoms with Crippen molar-refractivity contribution < 1.29 is 23.9 Å². The number of ether oxygens (including phenoxy) is 3. The molecule has 0 atom stereocenters. The van der Waals surface area contributed by atoms with Gasteiger partial charge in [-0.3, -0.25) is 14.9 Å². The van der Waals surface area contributed by atoms with Crippen LogP contribution in [0.25, 0.3) is 0 Å². The quantitative estimate of drug-likeness (QED) is 0.419. The predicted octanol–water partition coefficient (Wildman–Crippen LogP) is 3.26. The molecule has 0 spiro atoms. The maximum atomic E-state index is 12.1. The van der Waals surface area contributed by atoms with E-state index in [-0.39, 0.29) is 23.8 Å². The molecule has 0 aliphatic rings. The molecule has 7 heteroatoms. The Bertz CT molecular complexity index is 726. The second kappa shape index (κ2) is 7.96. The number of carbonyl (C=O) groups is 1. The summed E-state index contributed by atoms with van der Waals surface area (Å²) in [6, 6.07) is 10.8. The minimum atomic E-state index is -0.584. The number of rotatable bonds is 8. The summed E-state index contributed by atoms with van der Waals surface area (Å²) in [5, 5.41) is 11.1. The monoisotopic (exact) mass is 331 g/mol. The van der Waals surface area contributed by atoms with Gasteiger partial charge in [-0.15, -0.1) is 0 Å². The highest BCUT2D eigenvalue weighted by molar-refractivity contribution is 5.97. The molecule has 0 aliphatic heterocycles. The van der Waals surface area contributed by atoms with Crippen LogP contribution in [0.1, 0.15) is 17.3 Å². The van der Waals surface area contributed by atoms with Gasteiger partial charge in [-0.2, -0.15) is 0 Å². The molecule has 0 fully saturated rings. The zero-order valence-corrected chi connectivity index (χ0v) is 13.4. The van der Waals surface area contributed by atoms with Crippen LogP contribution in [-0.4, -0.2) is 31.0 Å². The van der Waals surface area contributed by atoms with E-state index in [1.165, 1.54) is 25.3 Å². The Labute approximate surface area is 138 Å². The van der Waals surface area contributed by atoms with Gasteiger partial charge in [0.15, 0.2) is 18.1 Å². The maximum Gasteiger partial charge on any atom is 0.314 e. The number of carbonyl (C=O) groups excluding carboxylic acids is 1. The van der Waals surface area contributed by atoms with Crippen molar-refractivity contribution in [3.63, 3.8) is 0 Å². The van der Waals surface area contributed by atoms with Crippen molar-refractivity contribution in [2.75, 3.05) is 20.3 Å². The van der Waals surface area contributed by atoms with Gasteiger partial charge in [-0.25, -0.2) is 0 Å². The van der Waals surface area contributed by atoms with Gasteiger partial charge >= 0.3 is 5.69 Å². The topological polar surface area (TPSA) is 87.9 Å². The molecule has 2 aromatic rings. The Morgan fingerprint density at radius 3 is 2.33 bits per heavy atom. The average Bonchev–Trinajstić information content (AvgIpc) is 2.60. The van der Waals surface area contributed by atoms with E-state index < -0.39 is 4.92 Å². The van der Waals surface area contributed by atoms with Crippen LogP contribution in [0, 0.1) is 10.1 Å². The Hall–Kier alpha value is -3.09. The highest BCUT2D eigenvalue weighted by Gasteiger charge is 2.18. The van der Waals surface area contributed by atoms with E-state index in [1.807, 2.05) is 6.92 Å². The SMILES string of the molecule is CCOc1ccc(C(=O)COc2ccc(OC)cc2[N+](=O)[O-])cc1. The van der Waals surface area contributed by atoms with E-state index in [4.69, 9.17) is 14.2 Å². The number of benzene rings is 2. The smallest absolute Gasteiger partial charge is 0.314 e. The highest BCUT2D eigenvalue weighted by Crippen LogP contribution is 2.31. The van der Waals surface area contributed by atoms with Crippen LogP contribution in [0.4, 0.5) is 5.69 Å². The van der Waals surface area contributed by atoms with Crippen molar-refractivity contribution in [2.24, 2.45) is 0 Å². The molecule has 0 saturated carbocycles. The average molecular weight is 331 g/mol. The van der Waals surface area contributed by atoms with E-state index in [9.17, 15) is 14.9 Å². The fourth-order valence-electron chi connectivity index (χ4n) is 2.02. The summed E-state index contributed by atoms with van der Waals surface area (Å²) in [6.07, 6.45) is 0. The fraction of sp³-hybridized carbons (Fsp3) is 0.235. The van der Waals surface area contributed by atoms with Crippen LogP contribution >= 0.6 is 0 Å². The Balaban J connectivity index is 2.07. The third-order valence-electron chi connectivity index (χ3n) is 3.21. The Morgan fingerprint density at radius 2 is 1.75 bits per heavy atom. The molecule has 0 aromatic heterocycles. The molecule has 0 bridgehead atoms. The molecule has 0 N–H and O–H groups in total. The van der Waals surface area contributed by atoms with Gasteiger partial charge in [0, 0.05) is 5.56 Å². The summed E-state index contributed by atoms with van der Waals surface area (Å²) in [4.78, 5) is 22.6. The van der Waals surface area contributed by atoms with Crippen LogP contribution in [0.2, 0.25) is 0 Å². The van der Waals surface area contributed by atoms with Crippen LogP contribution in [0.3, 0.4) is 0 Å². The number of methoxy groups -OCH3 is 1. The molecule has 2 aromatic carbocycles. The minimum absolute atomic E-state index is 0.0140. The van der Waals surface area contributed by atoms with Gasteiger partial charge in [0.05, 0.1) is 24.7 Å². The first-order valence-corrected chi connectivity index (χ1v) is 7.26. The Morgan fingerprint density at radius 1 is 1.08 bits per heavy atom. The number of ketones is 1. The highest BCUT2D eigenvalue weighted by atomic mass is 16.6. The zero-order chi connectivity index (χ0) is 17.5. The fourth-order valence-corrected chi connectivity index (χ4v) is 2.02. The van der Waals surface area contributed by atoms with Crippen molar-refractivity contribution >= 4 is 11.5 Å². The van der Waals surface area contributed by atoms with Crippen molar-refractivity contribution in [3.05, 3.63) is 58.1 Å². The van der Waals surface area contributed by atoms with Crippen molar-refractivity contribution in [2.45, 2.75) is 6.92 Å². The first kappa shape index (κ1) is 17.3. The molecule has 24 heavy (non-hydrogen) atoms. The summed E-state index contributed by atoms with van der Waals surface area (Å²) >= 11 is 0. The van der Waals surface area contributed by atoms with Gasteiger partial charge < -0.3 is 14.2 Å². The van der Waals surface area contributed by atoms with Crippen molar-refractivity contribution in [3.8, 4) is 17.2 Å². The number of hydrogen-bond donors (Lipinski definition) is 0. The maximum absolute atomic E-state index is 12.1. The van der Waals surface area contributed by atoms with Crippen LogP contribution in [0.15, 0.2) is 42.5 Å². The lowest BCUT2D eigenvalue weighted by atomic mass is 10.1. The summed E-state index contributed by atoms with van der Waals surface area (Å²) < 4.78 is 15.6. The van der Waals surface area contributed by atoms with E-state index >= 15 is 0 Å². The number of nitro groups is 1. The van der Waals surface area contributed by atoms with Gasteiger partial charge in [0.2, 0.25) is 0 Å². The third-order valence-corrected chi connectivity index (χ3v) is 3.21. The van der Waals surface area contributed by atoms with Gasteiger partial charge in [0.25, 0.3) is 0 Å². The van der Waals surface area contributed by atoms with E-state index in [0.717, 1.165) is 0 Å².